The van der Waals surface area contributed by atoms with Gasteiger partial charge in [0.1, 0.15) is 0 Å². The first kappa shape index (κ1) is 12.1. The first-order valence-electron chi connectivity index (χ1n) is 6.25. The SMILES string of the molecule is Cc1cc(C(C)NN2CCCCC2)c(C)s1. The highest BCUT2D eigenvalue weighted by Gasteiger charge is 2.16. The van der Waals surface area contributed by atoms with E-state index in [-0.39, 0.29) is 0 Å². The molecule has 0 saturated carbocycles. The molecule has 3 heteroatoms. The van der Waals surface area contributed by atoms with Gasteiger partial charge < -0.3 is 0 Å². The third-order valence-electron chi connectivity index (χ3n) is 3.28. The van der Waals surface area contributed by atoms with Crippen LogP contribution < -0.4 is 5.43 Å². The number of thiophene rings is 1. The van der Waals surface area contributed by atoms with Crippen molar-refractivity contribution in [1.82, 2.24) is 10.4 Å². The van der Waals surface area contributed by atoms with Crippen LogP contribution in [0, 0.1) is 13.8 Å². The summed E-state index contributed by atoms with van der Waals surface area (Å²) in [4.78, 5) is 2.87. The Morgan fingerprint density at radius 2 is 1.94 bits per heavy atom. The van der Waals surface area contributed by atoms with Gasteiger partial charge in [-0.25, -0.2) is 10.4 Å². The number of piperidine rings is 1. The average molecular weight is 238 g/mol. The molecule has 0 aliphatic carbocycles. The van der Waals surface area contributed by atoms with Crippen LogP contribution in [0.5, 0.6) is 0 Å². The van der Waals surface area contributed by atoms with Gasteiger partial charge in [0.25, 0.3) is 0 Å². The number of hydrogen-bond acceptors (Lipinski definition) is 3. The molecule has 0 bridgehead atoms. The van der Waals surface area contributed by atoms with Crippen molar-refractivity contribution in [3.63, 3.8) is 0 Å². The molecule has 2 nitrogen and oxygen atoms in total. The van der Waals surface area contributed by atoms with Gasteiger partial charge in [-0.05, 0) is 45.2 Å². The summed E-state index contributed by atoms with van der Waals surface area (Å²) < 4.78 is 0. The van der Waals surface area contributed by atoms with Crippen LogP contribution in [-0.4, -0.2) is 18.1 Å². The Labute approximate surface area is 103 Å². The molecule has 1 aromatic heterocycles. The molecule has 1 aliphatic heterocycles. The van der Waals surface area contributed by atoms with Crippen molar-refractivity contribution in [2.24, 2.45) is 0 Å². The molecule has 2 heterocycles. The van der Waals surface area contributed by atoms with Crippen molar-refractivity contribution in [3.8, 4) is 0 Å². The minimum atomic E-state index is 0.447. The lowest BCUT2D eigenvalue weighted by molar-refractivity contribution is 0.133. The lowest BCUT2D eigenvalue weighted by Crippen LogP contribution is -2.42. The summed E-state index contributed by atoms with van der Waals surface area (Å²) in [7, 11) is 0. The second-order valence-corrected chi connectivity index (χ2v) is 6.23. The second-order valence-electron chi connectivity index (χ2n) is 4.77. The van der Waals surface area contributed by atoms with E-state index in [0.29, 0.717) is 6.04 Å². The normalized spacial score (nSPS) is 19.9. The largest absolute Gasteiger partial charge is 0.248 e. The Hall–Kier alpha value is -0.380. The zero-order chi connectivity index (χ0) is 11.5. The predicted octanol–water partition coefficient (Wildman–Crippen LogP) is 3.42. The van der Waals surface area contributed by atoms with Crippen LogP contribution in [-0.2, 0) is 0 Å². The van der Waals surface area contributed by atoms with Gasteiger partial charge in [-0.1, -0.05) is 6.42 Å². The molecule has 1 N–H and O–H groups in total. The smallest absolute Gasteiger partial charge is 0.0447 e. The zero-order valence-corrected chi connectivity index (χ0v) is 11.4. The van der Waals surface area contributed by atoms with E-state index in [2.05, 4.69) is 37.3 Å². The van der Waals surface area contributed by atoms with Crippen molar-refractivity contribution in [3.05, 3.63) is 21.4 Å². The lowest BCUT2D eigenvalue weighted by atomic mass is 10.1. The fraction of sp³-hybridized carbons (Fsp3) is 0.692. The van der Waals surface area contributed by atoms with E-state index in [9.17, 15) is 0 Å². The summed E-state index contributed by atoms with van der Waals surface area (Å²) in [6.07, 6.45) is 4.06. The molecular formula is C13H22N2S. The molecule has 0 amide bonds. The van der Waals surface area contributed by atoms with Gasteiger partial charge >= 0.3 is 0 Å². The fourth-order valence-electron chi connectivity index (χ4n) is 2.45. The van der Waals surface area contributed by atoms with Gasteiger partial charge in [-0.15, -0.1) is 11.3 Å². The van der Waals surface area contributed by atoms with Crippen LogP contribution in [0.4, 0.5) is 0 Å². The number of nitrogens with zero attached hydrogens (tertiary/aromatic N) is 1. The third kappa shape index (κ3) is 2.84. The van der Waals surface area contributed by atoms with Crippen LogP contribution >= 0.6 is 11.3 Å². The third-order valence-corrected chi connectivity index (χ3v) is 4.26. The molecule has 1 fully saturated rings. The van der Waals surface area contributed by atoms with E-state index >= 15 is 0 Å². The van der Waals surface area contributed by atoms with Crippen molar-refractivity contribution in [1.29, 1.82) is 0 Å². The van der Waals surface area contributed by atoms with Crippen LogP contribution in [0.15, 0.2) is 6.07 Å². The summed E-state index contributed by atoms with van der Waals surface area (Å²) in [6, 6.07) is 2.77. The second kappa shape index (κ2) is 5.30. The molecule has 0 spiro atoms. The lowest BCUT2D eigenvalue weighted by Gasteiger charge is -2.30. The van der Waals surface area contributed by atoms with Crippen LogP contribution in [0.2, 0.25) is 0 Å². The number of nitrogens with one attached hydrogen (secondary N) is 1. The Kier molecular flexibility index (Phi) is 4.00. The van der Waals surface area contributed by atoms with Crippen molar-refractivity contribution in [2.75, 3.05) is 13.1 Å². The average Bonchev–Trinajstić information content (AvgIpc) is 2.59. The molecule has 1 atom stereocenters. The Morgan fingerprint density at radius 1 is 1.25 bits per heavy atom. The summed E-state index contributed by atoms with van der Waals surface area (Å²) >= 11 is 1.90. The number of rotatable bonds is 3. The summed E-state index contributed by atoms with van der Waals surface area (Å²) in [6.45, 7) is 9.08. The summed E-state index contributed by atoms with van der Waals surface area (Å²) in [5, 5.41) is 2.39. The maximum atomic E-state index is 3.63. The molecule has 0 aromatic carbocycles. The van der Waals surface area contributed by atoms with E-state index in [4.69, 9.17) is 0 Å². The van der Waals surface area contributed by atoms with Crippen LogP contribution in [0.1, 0.15) is 47.5 Å². The van der Waals surface area contributed by atoms with E-state index < -0.39 is 0 Å². The molecule has 1 unspecified atom stereocenters. The maximum absolute atomic E-state index is 3.63. The van der Waals surface area contributed by atoms with Gasteiger partial charge in [0, 0.05) is 28.9 Å². The first-order valence-corrected chi connectivity index (χ1v) is 7.06. The molecule has 1 aliphatic rings. The number of aryl methyl sites for hydroxylation is 2. The number of hydrogen-bond donors (Lipinski definition) is 1. The highest BCUT2D eigenvalue weighted by molar-refractivity contribution is 7.12. The van der Waals surface area contributed by atoms with E-state index in [0.717, 1.165) is 0 Å². The first-order chi connectivity index (χ1) is 7.66. The maximum Gasteiger partial charge on any atom is 0.0447 e. The van der Waals surface area contributed by atoms with Gasteiger partial charge in [-0.3, -0.25) is 0 Å². The Balaban J connectivity index is 1.96. The molecular weight excluding hydrogens is 216 g/mol. The Bertz CT molecular complexity index is 340. The summed E-state index contributed by atoms with van der Waals surface area (Å²) in [5.41, 5.74) is 5.10. The minimum Gasteiger partial charge on any atom is -0.248 e. The van der Waals surface area contributed by atoms with E-state index in [1.807, 2.05) is 11.3 Å². The molecule has 1 saturated heterocycles. The fourth-order valence-corrected chi connectivity index (χ4v) is 3.47. The monoisotopic (exact) mass is 238 g/mol. The molecule has 16 heavy (non-hydrogen) atoms. The van der Waals surface area contributed by atoms with Crippen molar-refractivity contribution in [2.45, 2.75) is 46.1 Å². The van der Waals surface area contributed by atoms with Crippen LogP contribution in [0.3, 0.4) is 0 Å². The Morgan fingerprint density at radius 3 is 2.50 bits per heavy atom. The van der Waals surface area contributed by atoms with Gasteiger partial charge in [0.05, 0.1) is 0 Å². The van der Waals surface area contributed by atoms with Crippen LogP contribution in [0.25, 0.3) is 0 Å². The summed E-state index contributed by atoms with van der Waals surface area (Å²) in [5.74, 6) is 0. The highest BCUT2D eigenvalue weighted by atomic mass is 32.1. The molecule has 2 rings (SSSR count). The van der Waals surface area contributed by atoms with Crippen molar-refractivity contribution < 1.29 is 0 Å². The van der Waals surface area contributed by atoms with Gasteiger partial charge in [0.15, 0.2) is 0 Å². The quantitative estimate of drug-likeness (QED) is 0.868. The number of hydrazine groups is 1. The molecule has 0 radical (unpaired) electrons. The molecule has 90 valence electrons. The van der Waals surface area contributed by atoms with Crippen molar-refractivity contribution >= 4 is 11.3 Å². The highest BCUT2D eigenvalue weighted by Crippen LogP contribution is 2.26. The van der Waals surface area contributed by atoms with Gasteiger partial charge in [0.2, 0.25) is 0 Å². The zero-order valence-electron chi connectivity index (χ0n) is 10.5. The van der Waals surface area contributed by atoms with E-state index in [1.54, 1.807) is 0 Å². The predicted molar refractivity (Wildman–Crippen MR) is 70.8 cm³/mol. The minimum absolute atomic E-state index is 0.447. The standard InChI is InChI=1S/C13H22N2S/c1-10-9-13(12(3)16-10)11(2)14-15-7-5-4-6-8-15/h9,11,14H,4-8H2,1-3H3. The van der Waals surface area contributed by atoms with Gasteiger partial charge in [-0.2, -0.15) is 0 Å². The molecule has 1 aromatic rings. The topological polar surface area (TPSA) is 15.3 Å². The van der Waals surface area contributed by atoms with E-state index in [1.165, 1.54) is 47.7 Å².